The summed E-state index contributed by atoms with van der Waals surface area (Å²) < 4.78 is 21.1. The summed E-state index contributed by atoms with van der Waals surface area (Å²) in [4.78, 5) is 12.4. The molecule has 1 N–H and O–H groups in total. The standard InChI is InChI=1S/C21H27FN4O2S/c22-16-10-8-15(9-11-16)20-24-25-21(26(20)13-18-7-4-12-28-18)29-14-19(27)23-17-5-2-1-3-6-17/h8-11,17-18H,1-7,12-14H2,(H,23,27)/t18-/m1/s1. The number of halogens is 1. The highest BCUT2D eigenvalue weighted by Gasteiger charge is 2.23. The van der Waals surface area contributed by atoms with Crippen molar-refractivity contribution in [1.82, 2.24) is 20.1 Å². The van der Waals surface area contributed by atoms with Gasteiger partial charge in [0.15, 0.2) is 11.0 Å². The Labute approximate surface area is 174 Å². The maximum Gasteiger partial charge on any atom is 0.230 e. The molecule has 156 valence electrons. The van der Waals surface area contributed by atoms with E-state index in [9.17, 15) is 9.18 Å². The van der Waals surface area contributed by atoms with Crippen molar-refractivity contribution in [2.45, 2.75) is 68.8 Å². The van der Waals surface area contributed by atoms with Crippen molar-refractivity contribution in [2.75, 3.05) is 12.4 Å². The molecule has 2 fully saturated rings. The minimum atomic E-state index is -0.284. The molecule has 1 aliphatic heterocycles. The fraction of sp³-hybridized carbons (Fsp3) is 0.571. The molecule has 1 atom stereocenters. The Morgan fingerprint density at radius 3 is 2.66 bits per heavy atom. The minimum Gasteiger partial charge on any atom is -0.376 e. The molecular weight excluding hydrogens is 391 g/mol. The van der Waals surface area contributed by atoms with Gasteiger partial charge in [-0.15, -0.1) is 10.2 Å². The number of aromatic nitrogens is 3. The molecule has 1 saturated heterocycles. The molecule has 2 aliphatic rings. The Morgan fingerprint density at radius 2 is 1.93 bits per heavy atom. The number of carbonyl (C=O) groups is 1. The second-order valence-electron chi connectivity index (χ2n) is 7.75. The van der Waals surface area contributed by atoms with Crippen LogP contribution in [0.3, 0.4) is 0 Å². The van der Waals surface area contributed by atoms with Gasteiger partial charge in [-0.05, 0) is 49.9 Å². The third-order valence-electron chi connectivity index (χ3n) is 5.53. The van der Waals surface area contributed by atoms with Crippen LogP contribution in [0.5, 0.6) is 0 Å². The van der Waals surface area contributed by atoms with Crippen molar-refractivity contribution in [3.63, 3.8) is 0 Å². The zero-order chi connectivity index (χ0) is 20.1. The molecule has 29 heavy (non-hydrogen) atoms. The maximum atomic E-state index is 13.3. The van der Waals surface area contributed by atoms with Crippen molar-refractivity contribution >= 4 is 17.7 Å². The molecule has 1 aliphatic carbocycles. The van der Waals surface area contributed by atoms with E-state index in [0.29, 0.717) is 29.3 Å². The van der Waals surface area contributed by atoms with E-state index in [1.165, 1.54) is 43.2 Å². The van der Waals surface area contributed by atoms with Gasteiger partial charge in [0, 0.05) is 18.2 Å². The SMILES string of the molecule is O=C(CSc1nnc(-c2ccc(F)cc2)n1C[C@H]1CCCO1)NC1CCCCC1. The predicted molar refractivity (Wildman–Crippen MR) is 110 cm³/mol. The Hall–Kier alpha value is -1.93. The molecule has 4 rings (SSSR count). The first-order valence-electron chi connectivity index (χ1n) is 10.4. The van der Waals surface area contributed by atoms with Crippen LogP contribution >= 0.6 is 11.8 Å². The minimum absolute atomic E-state index is 0.0388. The molecule has 0 spiro atoms. The van der Waals surface area contributed by atoms with Gasteiger partial charge in [-0.3, -0.25) is 9.36 Å². The largest absolute Gasteiger partial charge is 0.376 e. The van der Waals surface area contributed by atoms with Crippen LogP contribution in [0, 0.1) is 5.82 Å². The molecular formula is C21H27FN4O2S. The van der Waals surface area contributed by atoms with Crippen molar-refractivity contribution in [3.05, 3.63) is 30.1 Å². The van der Waals surface area contributed by atoms with Crippen LogP contribution in [-0.4, -0.2) is 45.2 Å². The number of amides is 1. The summed E-state index contributed by atoms with van der Waals surface area (Å²) in [7, 11) is 0. The van der Waals surface area contributed by atoms with Crippen molar-refractivity contribution in [3.8, 4) is 11.4 Å². The molecule has 1 aromatic heterocycles. The number of ether oxygens (including phenoxy) is 1. The van der Waals surface area contributed by atoms with Gasteiger partial charge in [-0.2, -0.15) is 0 Å². The third kappa shape index (κ3) is 5.36. The summed E-state index contributed by atoms with van der Waals surface area (Å²) in [5, 5.41) is 12.5. The normalized spacial score (nSPS) is 20.1. The van der Waals surface area contributed by atoms with Gasteiger partial charge in [-0.25, -0.2) is 4.39 Å². The number of hydrogen-bond acceptors (Lipinski definition) is 5. The van der Waals surface area contributed by atoms with E-state index in [4.69, 9.17) is 4.74 Å². The Morgan fingerprint density at radius 1 is 1.14 bits per heavy atom. The first-order chi connectivity index (χ1) is 14.2. The Kier molecular flexibility index (Phi) is 6.82. The quantitative estimate of drug-likeness (QED) is 0.693. The topological polar surface area (TPSA) is 69.0 Å². The number of hydrogen-bond donors (Lipinski definition) is 1. The lowest BCUT2D eigenvalue weighted by Gasteiger charge is -2.22. The number of nitrogens with zero attached hydrogens (tertiary/aromatic N) is 3. The highest BCUT2D eigenvalue weighted by Crippen LogP contribution is 2.27. The number of benzene rings is 1. The third-order valence-corrected chi connectivity index (χ3v) is 6.50. The van der Waals surface area contributed by atoms with Crippen LogP contribution in [0.15, 0.2) is 29.4 Å². The van der Waals surface area contributed by atoms with E-state index in [1.54, 1.807) is 12.1 Å². The second kappa shape index (κ2) is 9.71. The average molecular weight is 419 g/mol. The molecule has 1 amide bonds. The maximum absolute atomic E-state index is 13.3. The van der Waals surface area contributed by atoms with Crippen LogP contribution in [0.1, 0.15) is 44.9 Å². The molecule has 2 heterocycles. The van der Waals surface area contributed by atoms with E-state index in [0.717, 1.165) is 37.9 Å². The van der Waals surface area contributed by atoms with Crippen molar-refractivity contribution in [1.29, 1.82) is 0 Å². The van der Waals surface area contributed by atoms with E-state index < -0.39 is 0 Å². The zero-order valence-electron chi connectivity index (χ0n) is 16.5. The number of rotatable bonds is 7. The number of nitrogens with one attached hydrogen (secondary N) is 1. The Balaban J connectivity index is 1.46. The van der Waals surface area contributed by atoms with Crippen LogP contribution in [-0.2, 0) is 16.1 Å². The lowest BCUT2D eigenvalue weighted by molar-refractivity contribution is -0.119. The van der Waals surface area contributed by atoms with Crippen LogP contribution in [0.25, 0.3) is 11.4 Å². The van der Waals surface area contributed by atoms with Gasteiger partial charge < -0.3 is 10.1 Å². The average Bonchev–Trinajstić information content (AvgIpc) is 3.38. The van der Waals surface area contributed by atoms with Gasteiger partial charge in [0.2, 0.25) is 5.91 Å². The molecule has 2 aromatic rings. The summed E-state index contributed by atoms with van der Waals surface area (Å²) in [6.45, 7) is 1.40. The highest BCUT2D eigenvalue weighted by atomic mass is 32.2. The summed E-state index contributed by atoms with van der Waals surface area (Å²) in [6.07, 6.45) is 7.93. The van der Waals surface area contributed by atoms with Crippen LogP contribution in [0.4, 0.5) is 4.39 Å². The van der Waals surface area contributed by atoms with Gasteiger partial charge in [0.1, 0.15) is 5.82 Å². The molecule has 0 unspecified atom stereocenters. The van der Waals surface area contributed by atoms with Crippen LogP contribution in [0.2, 0.25) is 0 Å². The predicted octanol–water partition coefficient (Wildman–Crippen LogP) is 3.80. The number of carbonyl (C=O) groups excluding carboxylic acids is 1. The smallest absolute Gasteiger partial charge is 0.230 e. The van der Waals surface area contributed by atoms with E-state index in [-0.39, 0.29) is 17.8 Å². The van der Waals surface area contributed by atoms with Gasteiger partial charge in [0.25, 0.3) is 0 Å². The van der Waals surface area contributed by atoms with Crippen molar-refractivity contribution < 1.29 is 13.9 Å². The van der Waals surface area contributed by atoms with Gasteiger partial charge in [-0.1, -0.05) is 31.0 Å². The Bertz CT molecular complexity index is 815. The lowest BCUT2D eigenvalue weighted by atomic mass is 9.95. The molecule has 8 heteroatoms. The van der Waals surface area contributed by atoms with E-state index in [1.807, 2.05) is 4.57 Å². The molecule has 1 aromatic carbocycles. The lowest BCUT2D eigenvalue weighted by Crippen LogP contribution is -2.37. The fourth-order valence-electron chi connectivity index (χ4n) is 4.01. The molecule has 1 saturated carbocycles. The summed E-state index contributed by atoms with van der Waals surface area (Å²) in [6, 6.07) is 6.55. The van der Waals surface area contributed by atoms with Gasteiger partial charge in [0.05, 0.1) is 18.4 Å². The summed E-state index contributed by atoms with van der Waals surface area (Å²) in [5.74, 6) is 0.740. The first-order valence-corrected chi connectivity index (χ1v) is 11.4. The second-order valence-corrected chi connectivity index (χ2v) is 8.69. The van der Waals surface area contributed by atoms with E-state index >= 15 is 0 Å². The zero-order valence-corrected chi connectivity index (χ0v) is 17.3. The first kappa shape index (κ1) is 20.3. The molecule has 0 bridgehead atoms. The summed E-state index contributed by atoms with van der Waals surface area (Å²) in [5.41, 5.74) is 0.801. The molecule has 0 radical (unpaired) electrons. The monoisotopic (exact) mass is 418 g/mol. The summed E-state index contributed by atoms with van der Waals surface area (Å²) >= 11 is 1.39. The van der Waals surface area contributed by atoms with Crippen molar-refractivity contribution in [2.24, 2.45) is 0 Å². The van der Waals surface area contributed by atoms with E-state index in [2.05, 4.69) is 15.5 Å². The van der Waals surface area contributed by atoms with Crippen LogP contribution < -0.4 is 5.32 Å². The highest BCUT2D eigenvalue weighted by molar-refractivity contribution is 7.99. The number of thioether (sulfide) groups is 1. The fourth-order valence-corrected chi connectivity index (χ4v) is 4.77. The molecule has 6 nitrogen and oxygen atoms in total. The van der Waals surface area contributed by atoms with Gasteiger partial charge >= 0.3 is 0 Å².